The van der Waals surface area contributed by atoms with E-state index in [2.05, 4.69) is 15.9 Å². The minimum Gasteiger partial charge on any atom is -0.480 e. The Bertz CT molecular complexity index is 662. The van der Waals surface area contributed by atoms with Gasteiger partial charge in [0, 0.05) is 15.9 Å². The highest BCUT2D eigenvalue weighted by Crippen LogP contribution is 2.24. The Balaban J connectivity index is 2.35. The molecule has 0 radical (unpaired) electrons. The van der Waals surface area contributed by atoms with E-state index in [4.69, 9.17) is 9.52 Å². The predicted octanol–water partition coefficient (Wildman–Crippen LogP) is 3.13. The monoisotopic (exact) mass is 339 g/mol. The first kappa shape index (κ1) is 14.6. The fourth-order valence-corrected chi connectivity index (χ4v) is 2.27. The third kappa shape index (κ3) is 3.01. The van der Waals surface area contributed by atoms with Crippen LogP contribution >= 0.6 is 15.9 Å². The van der Waals surface area contributed by atoms with Crippen LogP contribution in [0.2, 0.25) is 0 Å². The van der Waals surface area contributed by atoms with Gasteiger partial charge >= 0.3 is 5.97 Å². The van der Waals surface area contributed by atoms with Crippen molar-refractivity contribution in [2.75, 3.05) is 6.54 Å². The van der Waals surface area contributed by atoms with Gasteiger partial charge in [0.1, 0.15) is 12.1 Å². The number of carboxylic acids is 1. The topological polar surface area (TPSA) is 70.8 Å². The first-order valence-corrected chi connectivity index (χ1v) is 6.89. The molecule has 0 aliphatic heterocycles. The van der Waals surface area contributed by atoms with Crippen molar-refractivity contribution in [2.24, 2.45) is 0 Å². The minimum atomic E-state index is -1.05. The van der Waals surface area contributed by atoms with Crippen LogP contribution in [0.25, 0.3) is 11.0 Å². The molecule has 2 aromatic rings. The van der Waals surface area contributed by atoms with Crippen molar-refractivity contribution in [1.29, 1.82) is 0 Å². The summed E-state index contributed by atoms with van der Waals surface area (Å²) in [6.07, 6.45) is 0. The molecule has 1 aromatic heterocycles. The zero-order valence-electron chi connectivity index (χ0n) is 11.1. The van der Waals surface area contributed by atoms with Crippen molar-refractivity contribution < 1.29 is 19.1 Å². The highest BCUT2D eigenvalue weighted by atomic mass is 79.9. The molecule has 0 aliphatic carbocycles. The maximum atomic E-state index is 12.3. The third-order valence-electron chi connectivity index (χ3n) is 2.88. The first-order chi connectivity index (χ1) is 9.38. The van der Waals surface area contributed by atoms with Gasteiger partial charge in [-0.05, 0) is 38.1 Å². The van der Waals surface area contributed by atoms with Gasteiger partial charge in [-0.15, -0.1) is 0 Å². The molecule has 0 bridgehead atoms. The molecule has 0 spiro atoms. The summed E-state index contributed by atoms with van der Waals surface area (Å²) in [7, 11) is 0. The van der Waals surface area contributed by atoms with Gasteiger partial charge in [-0.2, -0.15) is 0 Å². The third-order valence-corrected chi connectivity index (χ3v) is 3.37. The molecule has 0 saturated heterocycles. The number of hydrogen-bond acceptors (Lipinski definition) is 3. The number of carboxylic acid groups (broad SMARTS) is 1. The molecule has 0 aliphatic rings. The van der Waals surface area contributed by atoms with Crippen molar-refractivity contribution in [2.45, 2.75) is 19.9 Å². The second kappa shape index (κ2) is 5.66. The van der Waals surface area contributed by atoms with Crippen LogP contribution in [0.15, 0.2) is 33.2 Å². The lowest BCUT2D eigenvalue weighted by molar-refractivity contribution is -0.138. The number of halogens is 1. The molecule has 1 heterocycles. The van der Waals surface area contributed by atoms with E-state index in [1.54, 1.807) is 26.0 Å². The van der Waals surface area contributed by atoms with Crippen molar-refractivity contribution in [1.82, 2.24) is 4.90 Å². The van der Waals surface area contributed by atoms with Crippen molar-refractivity contribution in [3.8, 4) is 0 Å². The fourth-order valence-electron chi connectivity index (χ4n) is 1.90. The van der Waals surface area contributed by atoms with E-state index in [1.165, 1.54) is 4.90 Å². The summed E-state index contributed by atoms with van der Waals surface area (Å²) in [4.78, 5) is 24.4. The zero-order valence-corrected chi connectivity index (χ0v) is 12.7. The molecule has 0 atom stereocenters. The molecule has 6 heteroatoms. The maximum Gasteiger partial charge on any atom is 0.323 e. The summed E-state index contributed by atoms with van der Waals surface area (Å²) in [6, 6.07) is 6.81. The summed E-state index contributed by atoms with van der Waals surface area (Å²) in [5.41, 5.74) is 0.593. The van der Waals surface area contributed by atoms with Crippen molar-refractivity contribution in [3.63, 3.8) is 0 Å². The van der Waals surface area contributed by atoms with Gasteiger partial charge in [0.2, 0.25) is 0 Å². The largest absolute Gasteiger partial charge is 0.480 e. The second-order valence-electron chi connectivity index (χ2n) is 4.71. The van der Waals surface area contributed by atoms with Gasteiger partial charge < -0.3 is 14.4 Å². The molecular formula is C14H14BrNO4. The van der Waals surface area contributed by atoms with Gasteiger partial charge in [-0.25, -0.2) is 0 Å². The number of nitrogens with zero attached hydrogens (tertiary/aromatic N) is 1. The van der Waals surface area contributed by atoms with Crippen LogP contribution in [0.3, 0.4) is 0 Å². The summed E-state index contributed by atoms with van der Waals surface area (Å²) >= 11 is 3.35. The van der Waals surface area contributed by atoms with E-state index in [9.17, 15) is 9.59 Å². The molecule has 1 amide bonds. The Labute approximate surface area is 124 Å². The van der Waals surface area contributed by atoms with E-state index >= 15 is 0 Å². The second-order valence-corrected chi connectivity index (χ2v) is 5.63. The molecule has 1 N–H and O–H groups in total. The van der Waals surface area contributed by atoms with E-state index in [-0.39, 0.29) is 18.3 Å². The number of rotatable bonds is 4. The van der Waals surface area contributed by atoms with Crippen LogP contribution in [0.1, 0.15) is 24.4 Å². The molecule has 0 unspecified atom stereocenters. The highest BCUT2D eigenvalue weighted by molar-refractivity contribution is 9.10. The average Bonchev–Trinajstić information content (AvgIpc) is 2.77. The summed E-state index contributed by atoms with van der Waals surface area (Å²) < 4.78 is 6.38. The Hall–Kier alpha value is -1.82. The van der Waals surface area contributed by atoms with E-state index in [0.29, 0.717) is 5.58 Å². The normalized spacial score (nSPS) is 11.0. The molecule has 1 aromatic carbocycles. The average molecular weight is 340 g/mol. The van der Waals surface area contributed by atoms with Crippen LogP contribution in [0.5, 0.6) is 0 Å². The van der Waals surface area contributed by atoms with E-state index < -0.39 is 11.9 Å². The number of furan rings is 1. The van der Waals surface area contributed by atoms with Gasteiger partial charge in [-0.1, -0.05) is 15.9 Å². The van der Waals surface area contributed by atoms with Crippen LogP contribution in [0, 0.1) is 0 Å². The van der Waals surface area contributed by atoms with Crippen molar-refractivity contribution >= 4 is 38.8 Å². The maximum absolute atomic E-state index is 12.3. The first-order valence-electron chi connectivity index (χ1n) is 6.10. The molecule has 2 rings (SSSR count). The number of aliphatic carboxylic acids is 1. The summed E-state index contributed by atoms with van der Waals surface area (Å²) in [6.45, 7) is 3.18. The number of carbonyl (C=O) groups is 2. The van der Waals surface area contributed by atoms with Crippen LogP contribution < -0.4 is 0 Å². The Kier molecular flexibility index (Phi) is 4.13. The summed E-state index contributed by atoms with van der Waals surface area (Å²) in [5.74, 6) is -1.33. The van der Waals surface area contributed by atoms with Crippen molar-refractivity contribution in [3.05, 3.63) is 34.5 Å². The number of amides is 1. The predicted molar refractivity (Wildman–Crippen MR) is 77.7 cm³/mol. The molecule has 0 fully saturated rings. The van der Waals surface area contributed by atoms with E-state index in [1.807, 2.05) is 12.1 Å². The van der Waals surface area contributed by atoms with Gasteiger partial charge in [0.15, 0.2) is 5.76 Å². The minimum absolute atomic E-state index is 0.146. The number of carbonyl (C=O) groups excluding carboxylic acids is 1. The van der Waals surface area contributed by atoms with Gasteiger partial charge in [0.05, 0.1) is 0 Å². The number of fused-ring (bicyclic) bond motifs is 1. The lowest BCUT2D eigenvalue weighted by atomic mass is 10.2. The zero-order chi connectivity index (χ0) is 14.9. The Morgan fingerprint density at radius 1 is 1.35 bits per heavy atom. The number of benzene rings is 1. The Morgan fingerprint density at radius 2 is 2.05 bits per heavy atom. The quantitative estimate of drug-likeness (QED) is 0.928. The molecule has 20 heavy (non-hydrogen) atoms. The molecular weight excluding hydrogens is 326 g/mol. The van der Waals surface area contributed by atoms with Gasteiger partial charge in [-0.3, -0.25) is 9.59 Å². The standard InChI is InChI=1S/C14H14BrNO4/c1-8(2)16(7-13(17)18)14(19)12-6-9-5-10(15)3-4-11(9)20-12/h3-6,8H,7H2,1-2H3,(H,17,18). The molecule has 5 nitrogen and oxygen atoms in total. The molecule has 0 saturated carbocycles. The van der Waals surface area contributed by atoms with Crippen LogP contribution in [-0.4, -0.2) is 34.5 Å². The summed E-state index contributed by atoms with van der Waals surface area (Å²) in [5, 5.41) is 9.67. The smallest absolute Gasteiger partial charge is 0.323 e. The van der Waals surface area contributed by atoms with Crippen LogP contribution in [-0.2, 0) is 4.79 Å². The van der Waals surface area contributed by atoms with E-state index in [0.717, 1.165) is 9.86 Å². The lowest BCUT2D eigenvalue weighted by Gasteiger charge is -2.23. The number of hydrogen-bond donors (Lipinski definition) is 1. The fraction of sp³-hybridized carbons (Fsp3) is 0.286. The lowest BCUT2D eigenvalue weighted by Crippen LogP contribution is -2.40. The Morgan fingerprint density at radius 3 is 2.65 bits per heavy atom. The van der Waals surface area contributed by atoms with Gasteiger partial charge in [0.25, 0.3) is 5.91 Å². The van der Waals surface area contributed by atoms with Crippen LogP contribution in [0.4, 0.5) is 0 Å². The highest BCUT2D eigenvalue weighted by Gasteiger charge is 2.24. The SMILES string of the molecule is CC(C)N(CC(=O)O)C(=O)c1cc2cc(Br)ccc2o1. The molecule has 106 valence electrons.